The molecule has 1 N–H and O–H groups in total. The summed E-state index contributed by atoms with van der Waals surface area (Å²) in [5.41, 5.74) is 0.261. The largest absolute Gasteiger partial charge is 0.372 e. The molecule has 4 heteroatoms. The van der Waals surface area contributed by atoms with E-state index in [0.29, 0.717) is 5.02 Å². The smallest absolute Gasteiger partial charge is 0.296 e. The molecule has 0 bridgehead atoms. The van der Waals surface area contributed by atoms with Crippen LogP contribution in [0.4, 0.5) is 0 Å². The Bertz CT molecular complexity index is 255. The maximum atomic E-state index is 10.6. The van der Waals surface area contributed by atoms with Crippen LogP contribution in [0.5, 0.6) is 0 Å². The third-order valence-corrected chi connectivity index (χ3v) is 1.41. The van der Waals surface area contributed by atoms with E-state index >= 15 is 0 Å². The van der Waals surface area contributed by atoms with Gasteiger partial charge in [0.05, 0.1) is 5.56 Å². The Morgan fingerprint density at radius 1 is 1.36 bits per heavy atom. The Hall–Kier alpha value is -1.06. The van der Waals surface area contributed by atoms with Gasteiger partial charge in [0.25, 0.3) is 0 Å². The number of hydrogen-bond donors (Lipinski definition) is 1. The molecule has 0 heterocycles. The lowest BCUT2D eigenvalue weighted by Gasteiger charge is -1.94. The number of hydrogen-bond acceptors (Lipinski definition) is 3. The second-order valence-corrected chi connectivity index (χ2v) is 2.32. The van der Waals surface area contributed by atoms with Gasteiger partial charge in [-0.2, -0.15) is 5.26 Å². The van der Waals surface area contributed by atoms with Crippen molar-refractivity contribution in [3.05, 3.63) is 34.9 Å². The van der Waals surface area contributed by atoms with Crippen LogP contribution >= 0.6 is 11.6 Å². The highest BCUT2D eigenvalue weighted by molar-refractivity contribution is 6.30. The molecule has 0 aliphatic rings. The summed E-state index contributed by atoms with van der Waals surface area (Å²) < 4.78 is 0. The van der Waals surface area contributed by atoms with E-state index in [2.05, 4.69) is 4.89 Å². The molecule has 3 nitrogen and oxygen atoms in total. The third kappa shape index (κ3) is 1.93. The highest BCUT2D eigenvalue weighted by Crippen LogP contribution is 2.09. The molecule has 0 aromatic heterocycles. The molecule has 58 valence electrons. The topological polar surface area (TPSA) is 46.5 Å². The first-order valence-corrected chi connectivity index (χ1v) is 3.23. The Morgan fingerprint density at radius 3 is 2.36 bits per heavy atom. The molecule has 0 aliphatic carbocycles. The minimum atomic E-state index is -0.790. The van der Waals surface area contributed by atoms with Crippen molar-refractivity contribution in [3.8, 4) is 0 Å². The molecular weight excluding hydrogens is 168 g/mol. The van der Waals surface area contributed by atoms with Crippen molar-refractivity contribution in [3.63, 3.8) is 0 Å². The molecule has 0 amide bonds. The molecule has 0 atom stereocenters. The summed E-state index contributed by atoms with van der Waals surface area (Å²) in [6, 6.07) is 5.99. The molecule has 0 radical (unpaired) electrons. The summed E-state index contributed by atoms with van der Waals surface area (Å²) in [4.78, 5) is 14.1. The standard InChI is InChI=1S/C7H5ClO3/c8-6-3-1-5(2-4-6)7(9)11-10/h1-4,10H. The van der Waals surface area contributed by atoms with Crippen molar-refractivity contribution in [2.24, 2.45) is 0 Å². The van der Waals surface area contributed by atoms with Crippen molar-refractivity contribution < 1.29 is 14.9 Å². The monoisotopic (exact) mass is 172 g/mol. The van der Waals surface area contributed by atoms with Crippen molar-refractivity contribution >= 4 is 17.6 Å². The van der Waals surface area contributed by atoms with Crippen molar-refractivity contribution in [2.75, 3.05) is 0 Å². The van der Waals surface area contributed by atoms with E-state index in [-0.39, 0.29) is 5.56 Å². The minimum Gasteiger partial charge on any atom is -0.296 e. The van der Waals surface area contributed by atoms with Crippen LogP contribution in [0.3, 0.4) is 0 Å². The van der Waals surface area contributed by atoms with Gasteiger partial charge < -0.3 is 0 Å². The van der Waals surface area contributed by atoms with Gasteiger partial charge in [-0.1, -0.05) is 11.6 Å². The van der Waals surface area contributed by atoms with Crippen molar-refractivity contribution in [1.29, 1.82) is 0 Å². The zero-order valence-corrected chi connectivity index (χ0v) is 6.21. The van der Waals surface area contributed by atoms with Gasteiger partial charge in [0, 0.05) is 5.02 Å². The highest BCUT2D eigenvalue weighted by atomic mass is 35.5. The molecule has 0 saturated carbocycles. The minimum absolute atomic E-state index is 0.261. The summed E-state index contributed by atoms with van der Waals surface area (Å²) in [6.07, 6.45) is 0. The fourth-order valence-electron chi connectivity index (χ4n) is 0.639. The molecule has 11 heavy (non-hydrogen) atoms. The summed E-state index contributed by atoms with van der Waals surface area (Å²) in [7, 11) is 0. The normalized spacial score (nSPS) is 9.27. The van der Waals surface area contributed by atoms with Gasteiger partial charge in [-0.15, -0.1) is 0 Å². The maximum absolute atomic E-state index is 10.6. The van der Waals surface area contributed by atoms with E-state index in [1.54, 1.807) is 0 Å². The maximum Gasteiger partial charge on any atom is 0.372 e. The predicted octanol–water partition coefficient (Wildman–Crippen LogP) is 1.97. The van der Waals surface area contributed by atoms with Crippen molar-refractivity contribution in [2.45, 2.75) is 0 Å². The number of halogens is 1. The van der Waals surface area contributed by atoms with E-state index in [1.165, 1.54) is 24.3 Å². The molecule has 0 unspecified atom stereocenters. The number of carbonyl (C=O) groups is 1. The fourth-order valence-corrected chi connectivity index (χ4v) is 0.765. The summed E-state index contributed by atoms with van der Waals surface area (Å²) >= 11 is 5.54. The van der Waals surface area contributed by atoms with Crippen LogP contribution in [0.25, 0.3) is 0 Å². The average molecular weight is 173 g/mol. The molecule has 0 spiro atoms. The average Bonchev–Trinajstić information content (AvgIpc) is 2.05. The van der Waals surface area contributed by atoms with Gasteiger partial charge in [-0.25, -0.2) is 4.79 Å². The SMILES string of the molecule is O=C(OO)c1ccc(Cl)cc1. The zero-order valence-electron chi connectivity index (χ0n) is 5.45. The third-order valence-electron chi connectivity index (χ3n) is 1.16. The summed E-state index contributed by atoms with van der Waals surface area (Å²) in [5.74, 6) is -0.790. The lowest BCUT2D eigenvalue weighted by molar-refractivity contribution is -0.182. The van der Waals surface area contributed by atoms with E-state index in [4.69, 9.17) is 16.9 Å². The Kier molecular flexibility index (Phi) is 2.46. The first kappa shape index (κ1) is 8.04. The van der Waals surface area contributed by atoms with Crippen LogP contribution in [0.15, 0.2) is 24.3 Å². The lowest BCUT2D eigenvalue weighted by Crippen LogP contribution is -2.00. The molecule has 0 aliphatic heterocycles. The van der Waals surface area contributed by atoms with E-state index < -0.39 is 5.97 Å². The van der Waals surface area contributed by atoms with Crippen LogP contribution in [0.1, 0.15) is 10.4 Å². The van der Waals surface area contributed by atoms with Gasteiger partial charge in [0.15, 0.2) is 0 Å². The molecular formula is C7H5ClO3. The van der Waals surface area contributed by atoms with Crippen LogP contribution in [-0.4, -0.2) is 11.2 Å². The van der Waals surface area contributed by atoms with Gasteiger partial charge in [0.2, 0.25) is 0 Å². The lowest BCUT2D eigenvalue weighted by atomic mass is 10.2. The zero-order chi connectivity index (χ0) is 8.27. The quantitative estimate of drug-likeness (QED) is 0.521. The molecule has 1 rings (SSSR count). The van der Waals surface area contributed by atoms with E-state index in [1.807, 2.05) is 0 Å². The van der Waals surface area contributed by atoms with Crippen LogP contribution in [-0.2, 0) is 4.89 Å². The Balaban J connectivity index is 2.90. The van der Waals surface area contributed by atoms with Crippen LogP contribution < -0.4 is 0 Å². The molecule has 1 aromatic carbocycles. The predicted molar refractivity (Wildman–Crippen MR) is 39.5 cm³/mol. The molecule has 0 fully saturated rings. The number of carbonyl (C=O) groups excluding carboxylic acids is 1. The van der Waals surface area contributed by atoms with Crippen molar-refractivity contribution in [1.82, 2.24) is 0 Å². The second kappa shape index (κ2) is 3.37. The van der Waals surface area contributed by atoms with E-state index in [0.717, 1.165) is 0 Å². The number of rotatable bonds is 1. The Morgan fingerprint density at radius 2 is 1.91 bits per heavy atom. The van der Waals surface area contributed by atoms with Gasteiger partial charge >= 0.3 is 5.97 Å². The highest BCUT2D eigenvalue weighted by Gasteiger charge is 2.04. The fraction of sp³-hybridized carbons (Fsp3) is 0. The first-order valence-electron chi connectivity index (χ1n) is 2.85. The summed E-state index contributed by atoms with van der Waals surface area (Å²) in [6.45, 7) is 0. The molecule has 1 aromatic rings. The first-order chi connectivity index (χ1) is 5.24. The number of benzene rings is 1. The van der Waals surface area contributed by atoms with Crippen LogP contribution in [0.2, 0.25) is 5.02 Å². The van der Waals surface area contributed by atoms with Gasteiger partial charge in [0.1, 0.15) is 0 Å². The Labute approximate surface area is 68.1 Å². The van der Waals surface area contributed by atoms with Crippen LogP contribution in [0, 0.1) is 0 Å². The van der Waals surface area contributed by atoms with Gasteiger partial charge in [-0.3, -0.25) is 4.89 Å². The van der Waals surface area contributed by atoms with Gasteiger partial charge in [-0.05, 0) is 24.3 Å². The second-order valence-electron chi connectivity index (χ2n) is 1.89. The van der Waals surface area contributed by atoms with E-state index in [9.17, 15) is 4.79 Å². The molecule has 0 saturated heterocycles. The summed E-state index contributed by atoms with van der Waals surface area (Å²) in [5, 5.41) is 8.50.